The zero-order chi connectivity index (χ0) is 18.4. The van der Waals surface area contributed by atoms with Crippen LogP contribution in [0.15, 0.2) is 48.5 Å². The van der Waals surface area contributed by atoms with E-state index in [1.807, 2.05) is 60.4 Å². The molecule has 0 bridgehead atoms. The third-order valence-electron chi connectivity index (χ3n) is 4.39. The molecule has 3 rings (SSSR count). The molecule has 0 spiro atoms. The van der Waals surface area contributed by atoms with Gasteiger partial charge in [0.25, 0.3) is 5.91 Å². The predicted octanol–water partition coefficient (Wildman–Crippen LogP) is 2.81. The van der Waals surface area contributed by atoms with Gasteiger partial charge in [-0.15, -0.1) is 0 Å². The third kappa shape index (κ3) is 5.09. The highest BCUT2D eigenvalue weighted by Gasteiger charge is 2.19. The van der Waals surface area contributed by atoms with Crippen LogP contribution in [0.3, 0.4) is 0 Å². The monoisotopic (exact) mass is 352 g/mol. The molecule has 136 valence electrons. The van der Waals surface area contributed by atoms with Crippen molar-refractivity contribution in [1.29, 1.82) is 0 Å². The van der Waals surface area contributed by atoms with Crippen LogP contribution in [0.1, 0.15) is 29.5 Å². The summed E-state index contributed by atoms with van der Waals surface area (Å²) in [4.78, 5) is 25.6. The lowest BCUT2D eigenvalue weighted by Gasteiger charge is -2.16. The third-order valence-corrected chi connectivity index (χ3v) is 4.39. The smallest absolute Gasteiger partial charge is 0.258 e. The number of amides is 2. The van der Waals surface area contributed by atoms with Crippen molar-refractivity contribution in [2.45, 2.75) is 32.9 Å². The highest BCUT2D eigenvalue weighted by Crippen LogP contribution is 2.15. The van der Waals surface area contributed by atoms with E-state index >= 15 is 0 Å². The number of nitrogens with one attached hydrogen (secondary N) is 1. The Hall–Kier alpha value is -2.82. The Morgan fingerprint density at radius 2 is 1.96 bits per heavy atom. The topological polar surface area (TPSA) is 58.6 Å². The molecule has 1 N–H and O–H groups in total. The summed E-state index contributed by atoms with van der Waals surface area (Å²) in [5, 5.41) is 2.87. The van der Waals surface area contributed by atoms with E-state index in [2.05, 4.69) is 5.32 Å². The highest BCUT2D eigenvalue weighted by molar-refractivity contribution is 5.78. The van der Waals surface area contributed by atoms with Crippen molar-refractivity contribution in [2.24, 2.45) is 0 Å². The molecule has 0 aliphatic carbocycles. The Kier molecular flexibility index (Phi) is 5.89. The van der Waals surface area contributed by atoms with Gasteiger partial charge >= 0.3 is 0 Å². The van der Waals surface area contributed by atoms with Crippen LogP contribution in [0, 0.1) is 6.92 Å². The van der Waals surface area contributed by atoms with Gasteiger partial charge in [-0.05, 0) is 42.2 Å². The Morgan fingerprint density at radius 3 is 2.73 bits per heavy atom. The van der Waals surface area contributed by atoms with E-state index < -0.39 is 0 Å². The minimum atomic E-state index is -0.161. The number of likely N-dealkylation sites (tertiary alicyclic amines) is 1. The summed E-state index contributed by atoms with van der Waals surface area (Å²) in [6, 6.07) is 15.6. The second kappa shape index (κ2) is 8.52. The van der Waals surface area contributed by atoms with E-state index in [0.717, 1.165) is 29.7 Å². The van der Waals surface area contributed by atoms with Crippen LogP contribution in [0.4, 0.5) is 0 Å². The summed E-state index contributed by atoms with van der Waals surface area (Å²) in [6.07, 6.45) is 1.59. The van der Waals surface area contributed by atoms with Crippen molar-refractivity contribution in [3.8, 4) is 5.75 Å². The average molecular weight is 352 g/mol. The molecule has 0 radical (unpaired) electrons. The summed E-state index contributed by atoms with van der Waals surface area (Å²) < 4.78 is 5.51. The Labute approximate surface area is 154 Å². The molecule has 0 unspecified atom stereocenters. The number of aryl methyl sites for hydroxylation is 1. The normalized spacial score (nSPS) is 13.7. The van der Waals surface area contributed by atoms with Gasteiger partial charge in [0, 0.05) is 26.1 Å². The molecule has 2 aromatic carbocycles. The summed E-state index contributed by atoms with van der Waals surface area (Å²) in [5.41, 5.74) is 3.19. The average Bonchev–Trinajstić information content (AvgIpc) is 3.03. The zero-order valence-electron chi connectivity index (χ0n) is 15.0. The van der Waals surface area contributed by atoms with Crippen molar-refractivity contribution in [3.05, 3.63) is 65.2 Å². The number of nitrogens with zero attached hydrogens (tertiary/aromatic N) is 1. The molecular weight excluding hydrogens is 328 g/mol. The van der Waals surface area contributed by atoms with Crippen molar-refractivity contribution < 1.29 is 14.3 Å². The van der Waals surface area contributed by atoms with Gasteiger partial charge in [-0.2, -0.15) is 0 Å². The summed E-state index contributed by atoms with van der Waals surface area (Å²) in [5.74, 6) is 0.751. The standard InChI is InChI=1S/C21H24N2O3/c1-16-5-2-8-19(11-16)26-15-20(24)22-13-17-6-3-7-18(12-17)14-23-10-4-9-21(23)25/h2-3,5-8,11-12H,4,9-10,13-15H2,1H3,(H,22,24). The zero-order valence-corrected chi connectivity index (χ0v) is 15.0. The van der Waals surface area contributed by atoms with E-state index in [1.165, 1.54) is 0 Å². The van der Waals surface area contributed by atoms with Crippen LogP contribution in [-0.4, -0.2) is 29.9 Å². The fourth-order valence-corrected chi connectivity index (χ4v) is 3.04. The molecule has 0 saturated carbocycles. The first kappa shape index (κ1) is 18.0. The maximum absolute atomic E-state index is 12.0. The first-order valence-corrected chi connectivity index (χ1v) is 8.92. The number of benzene rings is 2. The number of hydrogen-bond acceptors (Lipinski definition) is 3. The van der Waals surface area contributed by atoms with Gasteiger partial charge in [0.05, 0.1) is 0 Å². The van der Waals surface area contributed by atoms with Gasteiger partial charge in [0.15, 0.2) is 6.61 Å². The summed E-state index contributed by atoms with van der Waals surface area (Å²) >= 11 is 0. The van der Waals surface area contributed by atoms with Gasteiger partial charge in [-0.3, -0.25) is 9.59 Å². The lowest BCUT2D eigenvalue weighted by molar-refractivity contribution is -0.128. The van der Waals surface area contributed by atoms with Crippen molar-refractivity contribution >= 4 is 11.8 Å². The van der Waals surface area contributed by atoms with Gasteiger partial charge in [0.2, 0.25) is 5.91 Å². The van der Waals surface area contributed by atoms with Gasteiger partial charge in [-0.25, -0.2) is 0 Å². The van der Waals surface area contributed by atoms with Crippen LogP contribution in [-0.2, 0) is 22.7 Å². The largest absolute Gasteiger partial charge is 0.484 e. The second-order valence-electron chi connectivity index (χ2n) is 6.62. The molecule has 0 aromatic heterocycles. The number of carbonyl (C=O) groups excluding carboxylic acids is 2. The summed E-state index contributed by atoms with van der Waals surface area (Å²) in [6.45, 7) is 3.88. The summed E-state index contributed by atoms with van der Waals surface area (Å²) in [7, 11) is 0. The van der Waals surface area contributed by atoms with E-state index in [0.29, 0.717) is 25.3 Å². The quantitative estimate of drug-likeness (QED) is 0.834. The number of ether oxygens (including phenoxy) is 1. The first-order valence-electron chi connectivity index (χ1n) is 8.92. The molecule has 1 aliphatic heterocycles. The molecule has 1 aliphatic rings. The first-order chi connectivity index (χ1) is 12.6. The highest BCUT2D eigenvalue weighted by atomic mass is 16.5. The molecule has 5 heteroatoms. The van der Waals surface area contributed by atoms with E-state index in [4.69, 9.17) is 4.74 Å². The van der Waals surface area contributed by atoms with Gasteiger partial charge < -0.3 is 15.0 Å². The van der Waals surface area contributed by atoms with Gasteiger partial charge in [-0.1, -0.05) is 36.4 Å². The molecule has 0 atom stereocenters. The fraction of sp³-hybridized carbons (Fsp3) is 0.333. The lowest BCUT2D eigenvalue weighted by Crippen LogP contribution is -2.28. The Bertz CT molecular complexity index is 788. The molecule has 26 heavy (non-hydrogen) atoms. The molecule has 5 nitrogen and oxygen atoms in total. The number of rotatable bonds is 7. The van der Waals surface area contributed by atoms with Crippen LogP contribution >= 0.6 is 0 Å². The molecular formula is C21H24N2O3. The number of carbonyl (C=O) groups is 2. The molecule has 2 amide bonds. The van der Waals surface area contributed by atoms with Gasteiger partial charge in [0.1, 0.15) is 5.75 Å². The van der Waals surface area contributed by atoms with Crippen LogP contribution < -0.4 is 10.1 Å². The minimum Gasteiger partial charge on any atom is -0.484 e. The van der Waals surface area contributed by atoms with Crippen molar-refractivity contribution in [1.82, 2.24) is 10.2 Å². The van der Waals surface area contributed by atoms with E-state index in [-0.39, 0.29) is 18.4 Å². The lowest BCUT2D eigenvalue weighted by atomic mass is 10.1. The molecule has 1 heterocycles. The number of hydrogen-bond donors (Lipinski definition) is 1. The molecule has 1 fully saturated rings. The Morgan fingerprint density at radius 1 is 1.15 bits per heavy atom. The maximum Gasteiger partial charge on any atom is 0.258 e. The minimum absolute atomic E-state index is 0.00851. The maximum atomic E-state index is 12.0. The van der Waals surface area contributed by atoms with Crippen LogP contribution in [0.5, 0.6) is 5.75 Å². The predicted molar refractivity (Wildman–Crippen MR) is 99.6 cm³/mol. The van der Waals surface area contributed by atoms with Crippen molar-refractivity contribution in [2.75, 3.05) is 13.2 Å². The van der Waals surface area contributed by atoms with Crippen LogP contribution in [0.2, 0.25) is 0 Å². The van der Waals surface area contributed by atoms with Crippen molar-refractivity contribution in [3.63, 3.8) is 0 Å². The fourth-order valence-electron chi connectivity index (χ4n) is 3.04. The Balaban J connectivity index is 1.47. The van der Waals surface area contributed by atoms with E-state index in [9.17, 15) is 9.59 Å². The molecule has 1 saturated heterocycles. The molecule has 2 aromatic rings. The van der Waals surface area contributed by atoms with Crippen LogP contribution in [0.25, 0.3) is 0 Å². The second-order valence-corrected chi connectivity index (χ2v) is 6.62. The van der Waals surface area contributed by atoms with E-state index in [1.54, 1.807) is 0 Å². The SMILES string of the molecule is Cc1cccc(OCC(=O)NCc2cccc(CN3CCCC3=O)c2)c1.